The first kappa shape index (κ1) is 44.4. The maximum atomic E-state index is 14.9. The summed E-state index contributed by atoms with van der Waals surface area (Å²) < 4.78 is 24.1. The minimum Gasteiger partial charge on any atom is -0.459 e. The van der Waals surface area contributed by atoms with Crippen molar-refractivity contribution in [3.05, 3.63) is 47.0 Å². The zero-order chi connectivity index (χ0) is 42.1. The number of nitrogens with one attached hydrogen (secondary N) is 1. The molecule has 2 bridgehead atoms. The lowest BCUT2D eigenvalue weighted by Crippen LogP contribution is -2.81. The molecule has 1 amide bonds. The van der Waals surface area contributed by atoms with Crippen LogP contribution >= 0.6 is 0 Å². The predicted octanol–water partition coefficient (Wildman–Crippen LogP) is 3.70. The Morgan fingerprint density at radius 3 is 2.18 bits per heavy atom. The number of esters is 3. The molecule has 2 saturated carbocycles. The predicted molar refractivity (Wildman–Crippen MR) is 205 cm³/mol. The minimum absolute atomic E-state index is 0.00944. The first-order valence-corrected chi connectivity index (χ1v) is 20.4. The fourth-order valence-electron chi connectivity index (χ4n) is 9.87. The summed E-state index contributed by atoms with van der Waals surface area (Å²) in [7, 11) is 0. The molecule has 1 aromatic carbocycles. The first-order chi connectivity index (χ1) is 26.8. The van der Waals surface area contributed by atoms with E-state index in [4.69, 9.17) is 18.9 Å². The lowest BCUT2D eigenvalue weighted by Gasteiger charge is -2.67. The molecule has 5 N–H and O–H groups in total. The van der Waals surface area contributed by atoms with Gasteiger partial charge in [0.25, 0.3) is 0 Å². The molecular weight excluding hydrogens is 738 g/mol. The van der Waals surface area contributed by atoms with Gasteiger partial charge in [-0.15, -0.1) is 0 Å². The van der Waals surface area contributed by atoms with Crippen LogP contribution in [0.2, 0.25) is 0 Å². The average Bonchev–Trinajstić information content (AvgIpc) is 3.15. The summed E-state index contributed by atoms with van der Waals surface area (Å²) in [5.74, 6) is -5.28. The smallest absolute Gasteiger partial charge is 0.338 e. The molecule has 11 atom stereocenters. The molecule has 1 saturated heterocycles. The summed E-state index contributed by atoms with van der Waals surface area (Å²) in [5.41, 5.74) is -6.80. The third kappa shape index (κ3) is 7.92. The number of ketones is 1. The van der Waals surface area contributed by atoms with E-state index in [-0.39, 0.29) is 42.9 Å². The zero-order valence-electron chi connectivity index (χ0n) is 34.2. The molecule has 0 spiro atoms. The monoisotopic (exact) mass is 799 g/mol. The number of Topliss-reactive ketones (excluding diaryl/α,β-unsaturated/α-hetero) is 1. The Kier molecular flexibility index (Phi) is 13.5. The van der Waals surface area contributed by atoms with E-state index in [0.29, 0.717) is 24.8 Å². The van der Waals surface area contributed by atoms with Crippen molar-refractivity contribution in [1.82, 2.24) is 5.32 Å². The molecule has 1 heterocycles. The highest BCUT2D eigenvalue weighted by Gasteiger charge is 2.78. The number of carbonyl (C=O) groups is 5. The first-order valence-electron chi connectivity index (χ1n) is 20.4. The fourth-order valence-corrected chi connectivity index (χ4v) is 9.87. The molecule has 0 aromatic heterocycles. The molecule has 5 rings (SSSR count). The van der Waals surface area contributed by atoms with Crippen LogP contribution in [0.25, 0.3) is 0 Å². The normalized spacial score (nSPS) is 33.9. The molecular formula is C43H61NO13. The molecule has 57 heavy (non-hydrogen) atoms. The number of hydrogen-bond donors (Lipinski definition) is 5. The van der Waals surface area contributed by atoms with Gasteiger partial charge in [-0.1, -0.05) is 83.7 Å². The molecule has 4 aliphatic rings. The van der Waals surface area contributed by atoms with Gasteiger partial charge in [0, 0.05) is 38.0 Å². The number of hydrogen-bond acceptors (Lipinski definition) is 13. The van der Waals surface area contributed by atoms with Crippen LogP contribution in [0, 0.1) is 16.7 Å². The molecule has 14 nitrogen and oxygen atoms in total. The van der Waals surface area contributed by atoms with Crippen LogP contribution in [0.15, 0.2) is 41.5 Å². The highest BCUT2D eigenvalue weighted by atomic mass is 16.6. The van der Waals surface area contributed by atoms with Gasteiger partial charge < -0.3 is 44.7 Å². The van der Waals surface area contributed by atoms with E-state index < -0.39 is 101 Å². The van der Waals surface area contributed by atoms with Crippen LogP contribution in [0.3, 0.4) is 0 Å². The molecule has 3 fully saturated rings. The van der Waals surface area contributed by atoms with Crippen LogP contribution in [0.5, 0.6) is 0 Å². The third-order valence-corrected chi connectivity index (χ3v) is 13.2. The standard InChI is InChI=1S/C43H61NO13/c1-8-10-13-19-30(47)44-33(26-17-15-12-16-18-26)35(50)39(52)55-27-22-43(53)38(56-31(48)20-14-11-9-2)36-41(7,37(51)34(49)32(24(27)3)40(43,5)6)28(46)21-29-42(36,23-54-29)57-25(4)45/h12,15-18,27-29,33-36,38,46,49-50,53H,8-11,13-14,19-23H2,1-7H3,(H,44,47)/t27-,28-,29+,33-,34+,35+,36-,38-,41+,42-,43+/m0/s1. The summed E-state index contributed by atoms with van der Waals surface area (Å²) in [6.45, 7) is 11.0. The van der Waals surface area contributed by atoms with Gasteiger partial charge in [0.05, 0.1) is 30.1 Å². The summed E-state index contributed by atoms with van der Waals surface area (Å²) in [4.78, 5) is 68.5. The number of aliphatic hydroxyl groups excluding tert-OH is 3. The maximum Gasteiger partial charge on any atom is 0.338 e. The van der Waals surface area contributed by atoms with Crippen molar-refractivity contribution < 1.29 is 63.3 Å². The topological polar surface area (TPSA) is 215 Å². The summed E-state index contributed by atoms with van der Waals surface area (Å²) in [5, 5.41) is 51.7. The number of carbonyl (C=O) groups excluding carboxylic acids is 5. The SMILES string of the molecule is CCCCCC(=O)N[C@@H](c1ccccc1)[C@@H](O)C(=O)O[C@H]1C[C@@]2(O)[C@@H](OC(=O)CCCCC)[C@@H]3[C@]4(OC(C)=O)CO[C@@H]4C[C@H](O)[C@@]3(C)C(=O)[C@H](O)C(=C1C)C2(C)C. The molecule has 1 aliphatic heterocycles. The van der Waals surface area contributed by atoms with E-state index >= 15 is 0 Å². The van der Waals surface area contributed by atoms with Crippen molar-refractivity contribution in [2.24, 2.45) is 16.7 Å². The van der Waals surface area contributed by atoms with Crippen LogP contribution in [0.4, 0.5) is 0 Å². The lowest BCUT2D eigenvalue weighted by atomic mass is 9.44. The largest absolute Gasteiger partial charge is 0.459 e. The second-order valence-electron chi connectivity index (χ2n) is 17.1. The Labute approximate surface area is 334 Å². The average molecular weight is 800 g/mol. The van der Waals surface area contributed by atoms with E-state index in [9.17, 15) is 44.4 Å². The van der Waals surface area contributed by atoms with Gasteiger partial charge in [-0.3, -0.25) is 19.2 Å². The maximum absolute atomic E-state index is 14.9. The van der Waals surface area contributed by atoms with Crippen molar-refractivity contribution in [1.29, 1.82) is 0 Å². The number of amides is 1. The van der Waals surface area contributed by atoms with Gasteiger partial charge in [-0.2, -0.15) is 0 Å². The Balaban J connectivity index is 1.62. The van der Waals surface area contributed by atoms with Crippen LogP contribution in [-0.4, -0.2) is 104 Å². The van der Waals surface area contributed by atoms with Crippen molar-refractivity contribution >= 4 is 29.6 Å². The van der Waals surface area contributed by atoms with Gasteiger partial charge >= 0.3 is 17.9 Å². The number of rotatable bonds is 15. The third-order valence-electron chi connectivity index (χ3n) is 13.2. The number of unbranched alkanes of at least 4 members (excludes halogenated alkanes) is 4. The van der Waals surface area contributed by atoms with Gasteiger partial charge in [0.2, 0.25) is 5.91 Å². The van der Waals surface area contributed by atoms with Crippen LogP contribution < -0.4 is 5.32 Å². The number of ether oxygens (including phenoxy) is 4. The van der Waals surface area contributed by atoms with E-state index in [1.54, 1.807) is 51.1 Å². The lowest BCUT2D eigenvalue weighted by molar-refractivity contribution is -0.347. The second-order valence-corrected chi connectivity index (χ2v) is 17.1. The van der Waals surface area contributed by atoms with Crippen LogP contribution in [0.1, 0.15) is 124 Å². The molecule has 3 aliphatic carbocycles. The van der Waals surface area contributed by atoms with E-state index in [2.05, 4.69) is 5.32 Å². The number of benzene rings is 1. The van der Waals surface area contributed by atoms with Crippen molar-refractivity contribution in [3.63, 3.8) is 0 Å². The highest BCUT2D eigenvalue weighted by Crippen LogP contribution is 2.64. The summed E-state index contributed by atoms with van der Waals surface area (Å²) in [6, 6.07) is 7.24. The summed E-state index contributed by atoms with van der Waals surface area (Å²) >= 11 is 0. The van der Waals surface area contributed by atoms with Crippen LogP contribution in [-0.2, 0) is 42.9 Å². The minimum atomic E-state index is -2.26. The Bertz CT molecular complexity index is 1710. The zero-order valence-corrected chi connectivity index (χ0v) is 34.2. The Morgan fingerprint density at radius 2 is 1.60 bits per heavy atom. The highest BCUT2D eigenvalue weighted by molar-refractivity contribution is 5.93. The van der Waals surface area contributed by atoms with E-state index in [1.165, 1.54) is 13.8 Å². The van der Waals surface area contributed by atoms with E-state index in [1.807, 2.05) is 13.8 Å². The second kappa shape index (κ2) is 17.3. The number of fused-ring (bicyclic) bond motifs is 5. The quantitative estimate of drug-likeness (QED) is 0.0742. The van der Waals surface area contributed by atoms with Gasteiger partial charge in [0.15, 0.2) is 17.5 Å². The molecule has 0 radical (unpaired) electrons. The molecule has 14 heteroatoms. The fraction of sp³-hybridized carbons (Fsp3) is 0.698. The molecule has 0 unspecified atom stereocenters. The molecule has 316 valence electrons. The van der Waals surface area contributed by atoms with Crippen molar-refractivity contribution in [2.75, 3.05) is 6.61 Å². The van der Waals surface area contributed by atoms with Crippen molar-refractivity contribution in [2.45, 2.75) is 167 Å². The van der Waals surface area contributed by atoms with Gasteiger partial charge in [0.1, 0.15) is 30.0 Å². The van der Waals surface area contributed by atoms with Crippen molar-refractivity contribution in [3.8, 4) is 0 Å². The number of aliphatic hydroxyl groups is 4. The van der Waals surface area contributed by atoms with Gasteiger partial charge in [-0.25, -0.2) is 4.79 Å². The Hall–Kier alpha value is -3.69. The molecule has 1 aromatic rings. The van der Waals surface area contributed by atoms with E-state index in [0.717, 1.165) is 19.3 Å². The van der Waals surface area contributed by atoms with Gasteiger partial charge in [-0.05, 0) is 43.4 Å². The Morgan fingerprint density at radius 1 is 0.965 bits per heavy atom. The summed E-state index contributed by atoms with van der Waals surface area (Å²) in [6.07, 6.45) is -5.55.